The number of para-hydroxylation sites is 1. The molecule has 3 aromatic rings. The van der Waals surface area contributed by atoms with E-state index in [0.717, 1.165) is 25.7 Å². The summed E-state index contributed by atoms with van der Waals surface area (Å²) in [6.45, 7) is 2.85. The molecule has 1 unspecified atom stereocenters. The highest BCUT2D eigenvalue weighted by atomic mass is 32.1. The molecule has 0 radical (unpaired) electrons. The van der Waals surface area contributed by atoms with E-state index in [-0.39, 0.29) is 17.8 Å². The van der Waals surface area contributed by atoms with Gasteiger partial charge in [0.2, 0.25) is 0 Å². The number of amides is 1. The summed E-state index contributed by atoms with van der Waals surface area (Å²) in [5.74, 6) is -0.307. The molecule has 2 N–H and O–H groups in total. The molecule has 25 heavy (non-hydrogen) atoms. The molecule has 130 valence electrons. The van der Waals surface area contributed by atoms with Crippen LogP contribution in [-0.4, -0.2) is 24.5 Å². The van der Waals surface area contributed by atoms with Gasteiger partial charge in [0, 0.05) is 6.54 Å². The standard InChI is InChI=1S/C19H20FN3OS/c1-13(19-22-16-5-3-4-6-17(16)25-19)23(2)12-18(24)21-11-14-7-9-15(20)10-8-14/h3-10,13H,11-12H2,1-2H3,(H,21,24)/p+1/t13-/m1/s1. The summed E-state index contributed by atoms with van der Waals surface area (Å²) in [5, 5.41) is 3.92. The highest BCUT2D eigenvalue weighted by molar-refractivity contribution is 7.18. The third-order valence-corrected chi connectivity index (χ3v) is 5.48. The van der Waals surface area contributed by atoms with E-state index in [2.05, 4.69) is 23.3 Å². The molecule has 2 atom stereocenters. The van der Waals surface area contributed by atoms with Gasteiger partial charge in [-0.3, -0.25) is 4.79 Å². The number of aromatic nitrogens is 1. The summed E-state index contributed by atoms with van der Waals surface area (Å²) in [5.41, 5.74) is 1.88. The maximum absolute atomic E-state index is 12.9. The lowest BCUT2D eigenvalue weighted by atomic mass is 10.2. The summed E-state index contributed by atoms with van der Waals surface area (Å²) in [7, 11) is 1.99. The normalized spacial score (nSPS) is 13.6. The van der Waals surface area contributed by atoms with Gasteiger partial charge >= 0.3 is 0 Å². The molecule has 0 bridgehead atoms. The zero-order chi connectivity index (χ0) is 17.8. The fraction of sp³-hybridized carbons (Fsp3) is 0.263. The first kappa shape index (κ1) is 17.5. The molecule has 1 amide bonds. The van der Waals surface area contributed by atoms with E-state index in [0.29, 0.717) is 13.1 Å². The average molecular weight is 358 g/mol. The van der Waals surface area contributed by atoms with E-state index in [1.165, 1.54) is 12.1 Å². The summed E-state index contributed by atoms with van der Waals surface area (Å²) in [6, 6.07) is 14.3. The van der Waals surface area contributed by atoms with Crippen molar-refractivity contribution >= 4 is 27.5 Å². The zero-order valence-corrected chi connectivity index (χ0v) is 15.1. The van der Waals surface area contributed by atoms with Gasteiger partial charge < -0.3 is 10.2 Å². The molecule has 0 aliphatic carbocycles. The Bertz CT molecular complexity index is 829. The van der Waals surface area contributed by atoms with Crippen LogP contribution >= 0.6 is 11.3 Å². The van der Waals surface area contributed by atoms with Crippen molar-refractivity contribution in [2.24, 2.45) is 0 Å². The van der Waals surface area contributed by atoms with Crippen molar-refractivity contribution in [2.75, 3.05) is 13.6 Å². The van der Waals surface area contributed by atoms with Gasteiger partial charge in [-0.2, -0.15) is 0 Å². The van der Waals surface area contributed by atoms with Gasteiger partial charge in [0.1, 0.15) is 11.9 Å². The molecule has 1 heterocycles. The second kappa shape index (κ2) is 7.72. The number of carbonyl (C=O) groups is 1. The van der Waals surface area contributed by atoms with E-state index in [1.54, 1.807) is 23.5 Å². The van der Waals surface area contributed by atoms with Gasteiger partial charge in [-0.05, 0) is 36.8 Å². The van der Waals surface area contributed by atoms with Crippen LogP contribution in [0.5, 0.6) is 0 Å². The van der Waals surface area contributed by atoms with Gasteiger partial charge in [0.05, 0.1) is 17.3 Å². The Kier molecular flexibility index (Phi) is 5.40. The minimum atomic E-state index is -0.274. The minimum Gasteiger partial charge on any atom is -0.347 e. The van der Waals surface area contributed by atoms with Gasteiger partial charge in [-0.15, -0.1) is 11.3 Å². The molecule has 1 aromatic heterocycles. The Morgan fingerprint density at radius 2 is 1.96 bits per heavy atom. The molecule has 0 spiro atoms. The molecule has 0 fully saturated rings. The van der Waals surface area contributed by atoms with Gasteiger partial charge in [-0.1, -0.05) is 24.3 Å². The Morgan fingerprint density at radius 1 is 1.24 bits per heavy atom. The number of nitrogens with one attached hydrogen (secondary N) is 2. The monoisotopic (exact) mass is 358 g/mol. The van der Waals surface area contributed by atoms with Crippen LogP contribution in [0.4, 0.5) is 4.39 Å². The van der Waals surface area contributed by atoms with Crippen LogP contribution in [-0.2, 0) is 11.3 Å². The van der Waals surface area contributed by atoms with Crippen LogP contribution in [0.2, 0.25) is 0 Å². The third kappa shape index (κ3) is 4.41. The molecular weight excluding hydrogens is 337 g/mol. The summed E-state index contributed by atoms with van der Waals surface area (Å²) in [4.78, 5) is 17.9. The number of halogens is 1. The molecular formula is C19H21FN3OS+. The molecule has 6 heteroatoms. The highest BCUT2D eigenvalue weighted by Gasteiger charge is 2.21. The second-order valence-corrected chi connectivity index (χ2v) is 7.23. The van der Waals surface area contributed by atoms with E-state index >= 15 is 0 Å². The summed E-state index contributed by atoms with van der Waals surface area (Å²) >= 11 is 1.67. The van der Waals surface area contributed by atoms with Crippen LogP contribution in [0, 0.1) is 5.82 Å². The van der Waals surface area contributed by atoms with Gasteiger partial charge in [0.15, 0.2) is 11.6 Å². The third-order valence-electron chi connectivity index (χ3n) is 4.26. The van der Waals surface area contributed by atoms with E-state index in [4.69, 9.17) is 0 Å². The van der Waals surface area contributed by atoms with Gasteiger partial charge in [-0.25, -0.2) is 9.37 Å². The molecule has 2 aromatic carbocycles. The van der Waals surface area contributed by atoms with E-state index < -0.39 is 0 Å². The summed E-state index contributed by atoms with van der Waals surface area (Å²) < 4.78 is 14.1. The molecule has 0 saturated carbocycles. The average Bonchev–Trinajstić information content (AvgIpc) is 3.04. The SMILES string of the molecule is C[C@H](c1nc2ccccc2s1)[NH+](C)CC(=O)NCc1ccc(F)cc1. The Balaban J connectivity index is 1.55. The van der Waals surface area contributed by atoms with Crippen LogP contribution in [0.15, 0.2) is 48.5 Å². The molecule has 0 aliphatic heterocycles. The maximum Gasteiger partial charge on any atom is 0.275 e. The van der Waals surface area contributed by atoms with Crippen molar-refractivity contribution < 1.29 is 14.1 Å². The smallest absolute Gasteiger partial charge is 0.275 e. The quantitative estimate of drug-likeness (QED) is 0.710. The number of quaternary nitrogens is 1. The number of thiazole rings is 1. The van der Waals surface area contributed by atoms with Crippen molar-refractivity contribution in [3.63, 3.8) is 0 Å². The number of benzene rings is 2. The number of fused-ring (bicyclic) bond motifs is 1. The van der Waals surface area contributed by atoms with Crippen LogP contribution < -0.4 is 10.2 Å². The maximum atomic E-state index is 12.9. The summed E-state index contributed by atoms with van der Waals surface area (Å²) in [6.07, 6.45) is 0. The lowest BCUT2D eigenvalue weighted by molar-refractivity contribution is -0.902. The predicted molar refractivity (Wildman–Crippen MR) is 98.0 cm³/mol. The fourth-order valence-electron chi connectivity index (χ4n) is 2.56. The number of hydrogen-bond donors (Lipinski definition) is 2. The largest absolute Gasteiger partial charge is 0.347 e. The number of rotatable bonds is 6. The fourth-order valence-corrected chi connectivity index (χ4v) is 3.67. The predicted octanol–water partition coefficient (Wildman–Crippen LogP) is 2.33. The van der Waals surface area contributed by atoms with E-state index in [9.17, 15) is 9.18 Å². The van der Waals surface area contributed by atoms with E-state index in [1.807, 2.05) is 25.2 Å². The van der Waals surface area contributed by atoms with Crippen molar-refractivity contribution in [3.8, 4) is 0 Å². The van der Waals surface area contributed by atoms with Crippen LogP contribution in [0.1, 0.15) is 23.5 Å². The highest BCUT2D eigenvalue weighted by Crippen LogP contribution is 2.24. The topological polar surface area (TPSA) is 46.4 Å². The number of nitrogens with zero attached hydrogens (tertiary/aromatic N) is 1. The van der Waals surface area contributed by atoms with Crippen molar-refractivity contribution in [1.29, 1.82) is 0 Å². The first-order valence-electron chi connectivity index (χ1n) is 8.22. The zero-order valence-electron chi connectivity index (χ0n) is 14.3. The first-order valence-corrected chi connectivity index (χ1v) is 9.03. The van der Waals surface area contributed by atoms with Crippen LogP contribution in [0.3, 0.4) is 0 Å². The molecule has 4 nitrogen and oxygen atoms in total. The van der Waals surface area contributed by atoms with Crippen LogP contribution in [0.25, 0.3) is 10.2 Å². The van der Waals surface area contributed by atoms with Crippen molar-refractivity contribution in [3.05, 3.63) is 64.9 Å². The van der Waals surface area contributed by atoms with Crippen molar-refractivity contribution in [2.45, 2.75) is 19.5 Å². The first-order chi connectivity index (χ1) is 12.0. The number of carbonyl (C=O) groups excluding carboxylic acids is 1. The number of likely N-dealkylation sites (N-methyl/N-ethyl adjacent to an activating group) is 1. The Morgan fingerprint density at radius 3 is 2.68 bits per heavy atom. The van der Waals surface area contributed by atoms with Gasteiger partial charge in [0.25, 0.3) is 5.91 Å². The molecule has 3 rings (SSSR count). The lowest BCUT2D eigenvalue weighted by Crippen LogP contribution is -3.10. The second-order valence-electron chi connectivity index (χ2n) is 6.17. The number of hydrogen-bond acceptors (Lipinski definition) is 3. The lowest BCUT2D eigenvalue weighted by Gasteiger charge is -2.19. The minimum absolute atomic E-state index is 0.0326. The molecule has 0 aliphatic rings. The molecule has 0 saturated heterocycles. The van der Waals surface area contributed by atoms with Crippen molar-refractivity contribution in [1.82, 2.24) is 10.3 Å². The Labute approximate surface area is 150 Å². The Hall–Kier alpha value is -2.31.